The molecule has 1 amide bonds. The summed E-state index contributed by atoms with van der Waals surface area (Å²) < 4.78 is 24.0. The van der Waals surface area contributed by atoms with Gasteiger partial charge in [-0.15, -0.1) is 0 Å². The van der Waals surface area contributed by atoms with Crippen molar-refractivity contribution in [3.63, 3.8) is 0 Å². The number of anilines is 4. The molecule has 48 heavy (non-hydrogen) atoms. The Morgan fingerprint density at radius 3 is 2.44 bits per heavy atom. The van der Waals surface area contributed by atoms with Gasteiger partial charge in [0, 0.05) is 68.8 Å². The number of amides is 1. The Balaban J connectivity index is 1.03. The average molecular weight is 666 g/mol. The lowest BCUT2D eigenvalue weighted by Crippen LogP contribution is -2.43. The van der Waals surface area contributed by atoms with Crippen LogP contribution in [0.15, 0.2) is 79.8 Å². The summed E-state index contributed by atoms with van der Waals surface area (Å²) in [7, 11) is 2.14. The van der Waals surface area contributed by atoms with E-state index in [4.69, 9.17) is 4.55 Å². The standard InChI is InChI=1S/C31H31N13O3S/c1-42-10-12-43(13-11-42)18-20-2-4-22(5-3-20)38-30(45)27-26(17-37-40-27)39-28-24-8-9-44(29(24)36-19-35-28)31-33-14-21(15-34-31)25-7-6-23(16-32-25)41-48(46)47/h2-9,14-17,19,41H,10-13,18H2,1H3,(H,37,40)(H,38,45)(H,46,47)(H,35,36,39). The molecular weight excluding hydrogens is 634 g/mol. The smallest absolute Gasteiger partial charge is 0.278 e. The quantitative estimate of drug-likeness (QED) is 0.134. The summed E-state index contributed by atoms with van der Waals surface area (Å²) in [4.78, 5) is 40.1. The number of rotatable bonds is 10. The lowest BCUT2D eigenvalue weighted by atomic mass is 10.1. The van der Waals surface area contributed by atoms with Gasteiger partial charge in [-0.25, -0.2) is 24.1 Å². The summed E-state index contributed by atoms with van der Waals surface area (Å²) in [5, 5.41) is 13.8. The predicted molar refractivity (Wildman–Crippen MR) is 181 cm³/mol. The molecular formula is C31H31N13O3S. The number of hydrogen-bond donors (Lipinski definition) is 5. The van der Waals surface area contributed by atoms with E-state index >= 15 is 0 Å². The highest BCUT2D eigenvalue weighted by Crippen LogP contribution is 2.27. The second kappa shape index (κ2) is 13.6. The van der Waals surface area contributed by atoms with Crippen LogP contribution in [0.3, 0.4) is 0 Å². The molecule has 1 atom stereocenters. The van der Waals surface area contributed by atoms with Crippen molar-refractivity contribution in [1.29, 1.82) is 0 Å². The van der Waals surface area contributed by atoms with Crippen molar-refractivity contribution in [1.82, 2.24) is 49.5 Å². The number of benzene rings is 1. The van der Waals surface area contributed by atoms with Crippen molar-refractivity contribution in [3.05, 3.63) is 91.0 Å². The van der Waals surface area contributed by atoms with Gasteiger partial charge < -0.3 is 15.5 Å². The third-order valence-electron chi connectivity index (χ3n) is 7.92. The van der Waals surface area contributed by atoms with Gasteiger partial charge in [0.25, 0.3) is 17.2 Å². The first-order chi connectivity index (χ1) is 23.4. The number of likely N-dealkylation sites (N-methyl/N-ethyl adjacent to an activating group) is 1. The largest absolute Gasteiger partial charge is 0.336 e. The van der Waals surface area contributed by atoms with Crippen molar-refractivity contribution >= 4 is 51.1 Å². The molecule has 244 valence electrons. The van der Waals surface area contributed by atoms with E-state index in [-0.39, 0.29) is 11.6 Å². The molecule has 1 aromatic carbocycles. The monoisotopic (exact) mass is 665 g/mol. The molecule has 5 N–H and O–H groups in total. The highest BCUT2D eigenvalue weighted by Gasteiger charge is 2.19. The molecule has 1 fully saturated rings. The summed E-state index contributed by atoms with van der Waals surface area (Å²) >= 11 is -2.18. The molecule has 1 aliphatic rings. The molecule has 6 heterocycles. The van der Waals surface area contributed by atoms with E-state index in [1.165, 1.54) is 18.1 Å². The number of H-pyrrole nitrogens is 1. The molecule has 17 heteroatoms. The lowest BCUT2D eigenvalue weighted by Gasteiger charge is -2.32. The molecule has 5 aromatic heterocycles. The highest BCUT2D eigenvalue weighted by atomic mass is 32.2. The number of pyridine rings is 1. The third-order valence-corrected chi connectivity index (χ3v) is 8.33. The summed E-state index contributed by atoms with van der Waals surface area (Å²) in [6, 6.07) is 13.0. The molecule has 0 spiro atoms. The zero-order valence-corrected chi connectivity index (χ0v) is 26.6. The van der Waals surface area contributed by atoms with Crippen LogP contribution in [-0.2, 0) is 17.8 Å². The van der Waals surface area contributed by atoms with Crippen molar-refractivity contribution in [3.8, 4) is 17.2 Å². The van der Waals surface area contributed by atoms with Crippen LogP contribution in [0.5, 0.6) is 0 Å². The van der Waals surface area contributed by atoms with Gasteiger partial charge in [-0.05, 0) is 42.9 Å². The fourth-order valence-electron chi connectivity index (χ4n) is 5.35. The normalized spacial score (nSPS) is 14.5. The number of aromatic nitrogens is 8. The van der Waals surface area contributed by atoms with E-state index in [0.717, 1.165) is 32.7 Å². The lowest BCUT2D eigenvalue weighted by molar-refractivity contribution is 0.102. The molecule has 0 radical (unpaired) electrons. The maximum atomic E-state index is 13.2. The molecule has 6 aromatic rings. The number of fused-ring (bicyclic) bond motifs is 1. The van der Waals surface area contributed by atoms with Crippen molar-refractivity contribution in [2.75, 3.05) is 48.6 Å². The van der Waals surface area contributed by atoms with Crippen LogP contribution in [0.4, 0.5) is 22.9 Å². The molecule has 1 unspecified atom stereocenters. The number of hydrogen-bond acceptors (Lipinski definition) is 11. The van der Waals surface area contributed by atoms with Crippen LogP contribution >= 0.6 is 0 Å². The summed E-state index contributed by atoms with van der Waals surface area (Å²) in [6.07, 6.45) is 9.50. The van der Waals surface area contributed by atoms with E-state index < -0.39 is 11.3 Å². The minimum Gasteiger partial charge on any atom is -0.336 e. The van der Waals surface area contributed by atoms with Crippen LogP contribution in [0.2, 0.25) is 0 Å². The minimum absolute atomic E-state index is 0.184. The number of nitrogens with one attached hydrogen (secondary N) is 4. The Kier molecular flexibility index (Phi) is 8.80. The predicted octanol–water partition coefficient (Wildman–Crippen LogP) is 3.29. The van der Waals surface area contributed by atoms with Crippen LogP contribution in [0, 0.1) is 0 Å². The van der Waals surface area contributed by atoms with Gasteiger partial charge in [0.05, 0.1) is 28.7 Å². The second-order valence-electron chi connectivity index (χ2n) is 11.2. The molecule has 0 aliphatic carbocycles. The van der Waals surface area contributed by atoms with E-state index in [1.54, 1.807) is 41.5 Å². The molecule has 16 nitrogen and oxygen atoms in total. The van der Waals surface area contributed by atoms with Crippen LogP contribution < -0.4 is 15.4 Å². The Labute approximate surface area is 277 Å². The molecule has 1 aliphatic heterocycles. The van der Waals surface area contributed by atoms with Crippen LogP contribution in [-0.4, -0.2) is 97.4 Å². The van der Waals surface area contributed by atoms with Gasteiger partial charge in [-0.3, -0.25) is 33.6 Å². The zero-order valence-electron chi connectivity index (χ0n) is 25.7. The molecule has 0 saturated carbocycles. The molecule has 1 saturated heterocycles. The van der Waals surface area contributed by atoms with Gasteiger partial charge in [0.15, 0.2) is 11.3 Å². The topological polar surface area (TPSA) is 195 Å². The van der Waals surface area contributed by atoms with Crippen LogP contribution in [0.1, 0.15) is 16.1 Å². The maximum absolute atomic E-state index is 13.2. The van der Waals surface area contributed by atoms with Gasteiger partial charge >= 0.3 is 0 Å². The SMILES string of the molecule is CN1CCN(Cc2ccc(NC(=O)c3n[nH]cc3Nc3ncnc4c3ccn4-c3ncc(-c4ccc(NS(=O)O)cn4)cn3)cc2)CC1. The average Bonchev–Trinajstić information content (AvgIpc) is 3.75. The van der Waals surface area contributed by atoms with Crippen molar-refractivity contribution < 1.29 is 13.6 Å². The Morgan fingerprint density at radius 1 is 0.938 bits per heavy atom. The Morgan fingerprint density at radius 2 is 1.71 bits per heavy atom. The fourth-order valence-corrected chi connectivity index (χ4v) is 5.67. The van der Waals surface area contributed by atoms with E-state index in [9.17, 15) is 9.00 Å². The number of nitrogens with zero attached hydrogens (tertiary/aromatic N) is 9. The first kappa shape index (κ1) is 31.0. The van der Waals surface area contributed by atoms with E-state index in [0.29, 0.717) is 51.1 Å². The van der Waals surface area contributed by atoms with E-state index in [2.05, 4.69) is 67.3 Å². The Bertz CT molecular complexity index is 2060. The zero-order chi connectivity index (χ0) is 33.0. The third kappa shape index (κ3) is 6.88. The van der Waals surface area contributed by atoms with Gasteiger partial charge in [-0.1, -0.05) is 12.1 Å². The number of carbonyl (C=O) groups excluding carboxylic acids is 1. The maximum Gasteiger partial charge on any atom is 0.278 e. The van der Waals surface area contributed by atoms with E-state index in [1.807, 2.05) is 30.3 Å². The summed E-state index contributed by atoms with van der Waals surface area (Å²) in [5.74, 6) is 0.483. The second-order valence-corrected chi connectivity index (χ2v) is 11.9. The summed E-state index contributed by atoms with van der Waals surface area (Å²) in [6.45, 7) is 5.10. The van der Waals surface area contributed by atoms with Crippen molar-refractivity contribution in [2.24, 2.45) is 0 Å². The molecule has 7 rings (SSSR count). The fraction of sp³-hybridized carbons (Fsp3) is 0.194. The first-order valence-electron chi connectivity index (χ1n) is 15.0. The van der Waals surface area contributed by atoms with Gasteiger partial charge in [-0.2, -0.15) is 5.10 Å². The van der Waals surface area contributed by atoms with Gasteiger partial charge in [0.1, 0.15) is 12.1 Å². The number of piperazine rings is 1. The Hall–Kier alpha value is -5.62. The first-order valence-corrected chi connectivity index (χ1v) is 16.1. The van der Waals surface area contributed by atoms with Crippen molar-refractivity contribution in [2.45, 2.75) is 6.54 Å². The van der Waals surface area contributed by atoms with Gasteiger partial charge in [0.2, 0.25) is 5.95 Å². The molecule has 0 bridgehead atoms. The van der Waals surface area contributed by atoms with Crippen LogP contribution in [0.25, 0.3) is 28.2 Å². The number of carbonyl (C=O) groups is 1. The highest BCUT2D eigenvalue weighted by molar-refractivity contribution is 7.80. The summed E-state index contributed by atoms with van der Waals surface area (Å²) in [5.41, 5.74) is 4.72. The minimum atomic E-state index is -2.18. The number of aromatic amines is 1.